The van der Waals surface area contributed by atoms with Crippen molar-refractivity contribution in [2.45, 2.75) is 43.1 Å². The number of nitrogens with two attached hydrogens (primary N) is 1. The fourth-order valence-corrected chi connectivity index (χ4v) is 3.64. The van der Waals surface area contributed by atoms with E-state index in [2.05, 4.69) is 15.9 Å². The number of hydrogen-bond acceptors (Lipinski definition) is 4. The third-order valence-corrected chi connectivity index (χ3v) is 5.53. The van der Waals surface area contributed by atoms with Gasteiger partial charge in [0.05, 0.1) is 15.5 Å². The van der Waals surface area contributed by atoms with Gasteiger partial charge >= 0.3 is 5.97 Å². The van der Waals surface area contributed by atoms with E-state index in [0.29, 0.717) is 0 Å². The molecular formula is C13H15BrClNO4S. The smallest absolute Gasteiger partial charge is 0.340 e. The Morgan fingerprint density at radius 1 is 1.29 bits per heavy atom. The molecule has 2 rings (SSSR count). The Balaban J connectivity index is 2.29. The number of rotatable bonds is 3. The molecule has 1 aromatic carbocycles. The molecule has 0 bridgehead atoms. The van der Waals surface area contributed by atoms with Crippen LogP contribution in [0.25, 0.3) is 0 Å². The minimum Gasteiger partial charge on any atom is -0.459 e. The lowest BCUT2D eigenvalue weighted by Gasteiger charge is -2.22. The number of halogens is 2. The van der Waals surface area contributed by atoms with Gasteiger partial charge in [-0.3, -0.25) is 0 Å². The standard InChI is InChI=1S/C13H15BrClNO4S/c14-11-7-9(21(16,18)19)6-10(12(11)15)13(17)20-8-4-2-1-3-5-8/h6-8H,1-5H2,(H2,16,18,19). The SMILES string of the molecule is NS(=O)(=O)c1cc(Br)c(Cl)c(C(=O)OC2CCCCC2)c1. The number of benzene rings is 1. The Hall–Kier alpha value is -0.630. The fraction of sp³-hybridized carbons (Fsp3) is 0.462. The number of ether oxygens (including phenoxy) is 1. The summed E-state index contributed by atoms with van der Waals surface area (Å²) in [7, 11) is -3.93. The van der Waals surface area contributed by atoms with Gasteiger partial charge in [-0.25, -0.2) is 18.4 Å². The lowest BCUT2D eigenvalue weighted by Crippen LogP contribution is -2.21. The maximum atomic E-state index is 12.2. The third-order valence-electron chi connectivity index (χ3n) is 3.38. The van der Waals surface area contributed by atoms with E-state index >= 15 is 0 Å². The van der Waals surface area contributed by atoms with E-state index in [1.165, 1.54) is 6.07 Å². The first-order chi connectivity index (χ1) is 9.79. The van der Waals surface area contributed by atoms with E-state index in [-0.39, 0.29) is 26.1 Å². The topological polar surface area (TPSA) is 86.5 Å². The van der Waals surface area contributed by atoms with Crippen LogP contribution < -0.4 is 5.14 Å². The zero-order valence-corrected chi connectivity index (χ0v) is 14.3. The summed E-state index contributed by atoms with van der Waals surface area (Å²) >= 11 is 9.17. The number of carbonyl (C=O) groups excluding carboxylic acids is 1. The maximum absolute atomic E-state index is 12.2. The van der Waals surface area contributed by atoms with Crippen LogP contribution in [0.4, 0.5) is 0 Å². The van der Waals surface area contributed by atoms with Crippen LogP contribution in [0.1, 0.15) is 42.5 Å². The first kappa shape index (κ1) is 16.7. The van der Waals surface area contributed by atoms with Gasteiger partial charge in [-0.05, 0) is 53.7 Å². The van der Waals surface area contributed by atoms with Gasteiger partial charge < -0.3 is 4.74 Å². The van der Waals surface area contributed by atoms with Crippen LogP contribution in [0.15, 0.2) is 21.5 Å². The number of sulfonamides is 1. The molecule has 8 heteroatoms. The minimum atomic E-state index is -3.93. The lowest BCUT2D eigenvalue weighted by atomic mass is 9.98. The molecule has 1 aliphatic rings. The molecule has 1 fully saturated rings. The molecule has 0 amide bonds. The van der Waals surface area contributed by atoms with Gasteiger partial charge in [0.25, 0.3) is 0 Å². The van der Waals surface area contributed by atoms with Gasteiger partial charge in [-0.2, -0.15) is 0 Å². The third kappa shape index (κ3) is 4.18. The lowest BCUT2D eigenvalue weighted by molar-refractivity contribution is 0.0211. The van der Waals surface area contributed by atoms with Crippen LogP contribution in [0.5, 0.6) is 0 Å². The quantitative estimate of drug-likeness (QED) is 0.795. The summed E-state index contributed by atoms with van der Waals surface area (Å²) in [4.78, 5) is 12.0. The summed E-state index contributed by atoms with van der Waals surface area (Å²) in [5, 5.41) is 5.20. The predicted molar refractivity (Wildman–Crippen MR) is 82.8 cm³/mol. The largest absolute Gasteiger partial charge is 0.459 e. The molecule has 5 nitrogen and oxygen atoms in total. The first-order valence-electron chi connectivity index (χ1n) is 6.52. The van der Waals surface area contributed by atoms with Gasteiger partial charge in [0.15, 0.2) is 0 Å². The number of carbonyl (C=O) groups is 1. The second-order valence-electron chi connectivity index (χ2n) is 4.98. The van der Waals surface area contributed by atoms with Crippen molar-refractivity contribution in [3.05, 3.63) is 27.2 Å². The van der Waals surface area contributed by atoms with Crippen LogP contribution in [0, 0.1) is 0 Å². The van der Waals surface area contributed by atoms with Gasteiger partial charge in [0, 0.05) is 4.47 Å². The zero-order chi connectivity index (χ0) is 15.6. The van der Waals surface area contributed by atoms with Crippen LogP contribution in [-0.2, 0) is 14.8 Å². The molecule has 0 heterocycles. The van der Waals surface area contributed by atoms with Crippen LogP contribution >= 0.6 is 27.5 Å². The normalized spacial score (nSPS) is 16.7. The highest BCUT2D eigenvalue weighted by Crippen LogP contribution is 2.31. The Kier molecular flexibility index (Phi) is 5.29. The fourth-order valence-electron chi connectivity index (χ4n) is 2.27. The number of primary sulfonamides is 1. The first-order valence-corrected chi connectivity index (χ1v) is 9.23. The second kappa shape index (κ2) is 6.64. The van der Waals surface area contributed by atoms with E-state index in [1.54, 1.807) is 0 Å². The molecule has 1 saturated carbocycles. The minimum absolute atomic E-state index is 0.000593. The summed E-state index contributed by atoms with van der Waals surface area (Å²) in [6, 6.07) is 2.41. The van der Waals surface area contributed by atoms with E-state index in [9.17, 15) is 13.2 Å². The van der Waals surface area contributed by atoms with Crippen molar-refractivity contribution >= 4 is 43.5 Å². The Bertz CT molecular complexity index is 656. The van der Waals surface area contributed by atoms with Crippen LogP contribution in [-0.4, -0.2) is 20.5 Å². The molecule has 0 spiro atoms. The van der Waals surface area contributed by atoms with E-state index < -0.39 is 16.0 Å². The van der Waals surface area contributed by atoms with Crippen molar-refractivity contribution in [3.63, 3.8) is 0 Å². The summed E-state index contributed by atoms with van der Waals surface area (Å²) in [6.07, 6.45) is 4.68. The van der Waals surface area contributed by atoms with Crippen molar-refractivity contribution in [2.24, 2.45) is 5.14 Å². The zero-order valence-electron chi connectivity index (χ0n) is 11.1. The summed E-state index contributed by atoms with van der Waals surface area (Å²) in [5.74, 6) is -0.627. The summed E-state index contributed by atoms with van der Waals surface area (Å²) in [6.45, 7) is 0. The second-order valence-corrected chi connectivity index (χ2v) is 7.77. The average Bonchev–Trinajstić information content (AvgIpc) is 2.41. The molecule has 0 unspecified atom stereocenters. The highest BCUT2D eigenvalue weighted by atomic mass is 79.9. The molecule has 2 N–H and O–H groups in total. The molecule has 21 heavy (non-hydrogen) atoms. The molecule has 0 saturated heterocycles. The van der Waals surface area contributed by atoms with Crippen molar-refractivity contribution in [2.75, 3.05) is 0 Å². The van der Waals surface area contributed by atoms with Crippen molar-refractivity contribution < 1.29 is 17.9 Å². The van der Waals surface area contributed by atoms with Gasteiger partial charge in [0.2, 0.25) is 10.0 Å². The molecule has 0 aromatic heterocycles. The van der Waals surface area contributed by atoms with E-state index in [0.717, 1.165) is 38.2 Å². The monoisotopic (exact) mass is 395 g/mol. The van der Waals surface area contributed by atoms with Gasteiger partial charge in [-0.1, -0.05) is 18.0 Å². The number of hydrogen-bond donors (Lipinski definition) is 1. The van der Waals surface area contributed by atoms with Gasteiger partial charge in [-0.15, -0.1) is 0 Å². The Morgan fingerprint density at radius 2 is 1.90 bits per heavy atom. The molecule has 1 aliphatic carbocycles. The average molecular weight is 397 g/mol. The number of esters is 1. The maximum Gasteiger partial charge on any atom is 0.340 e. The molecule has 0 aliphatic heterocycles. The highest BCUT2D eigenvalue weighted by Gasteiger charge is 2.23. The van der Waals surface area contributed by atoms with Crippen LogP contribution in [0.2, 0.25) is 5.02 Å². The predicted octanol–water partition coefficient (Wildman–Crippen LogP) is 3.24. The molecule has 0 radical (unpaired) electrons. The van der Waals surface area contributed by atoms with Crippen molar-refractivity contribution in [3.8, 4) is 0 Å². The molecular weight excluding hydrogens is 382 g/mol. The van der Waals surface area contributed by atoms with E-state index in [4.69, 9.17) is 21.5 Å². The van der Waals surface area contributed by atoms with Crippen LogP contribution in [0.3, 0.4) is 0 Å². The molecule has 116 valence electrons. The molecule has 1 aromatic rings. The van der Waals surface area contributed by atoms with Gasteiger partial charge in [0.1, 0.15) is 6.10 Å². The Labute approximate surface area is 137 Å². The summed E-state index contributed by atoms with van der Waals surface area (Å²) < 4.78 is 28.5. The van der Waals surface area contributed by atoms with E-state index in [1.807, 2.05) is 0 Å². The summed E-state index contributed by atoms with van der Waals surface area (Å²) in [5.41, 5.74) is 0.000593. The molecule has 0 atom stereocenters. The Morgan fingerprint density at radius 3 is 2.48 bits per heavy atom. The van der Waals surface area contributed by atoms with Crippen molar-refractivity contribution in [1.29, 1.82) is 0 Å². The highest BCUT2D eigenvalue weighted by molar-refractivity contribution is 9.10. The van der Waals surface area contributed by atoms with Crippen molar-refractivity contribution in [1.82, 2.24) is 0 Å².